The third-order valence-corrected chi connectivity index (χ3v) is 6.20. The molecule has 33 heavy (non-hydrogen) atoms. The van der Waals surface area contributed by atoms with Gasteiger partial charge in [0.05, 0.1) is 18.3 Å². The molecule has 1 unspecified atom stereocenters. The number of fused-ring (bicyclic) bond motifs is 1. The van der Waals surface area contributed by atoms with Crippen LogP contribution < -0.4 is 10.3 Å². The molecular formula is C26H29ClN4O2. The van der Waals surface area contributed by atoms with Crippen molar-refractivity contribution in [3.8, 4) is 11.4 Å². The van der Waals surface area contributed by atoms with E-state index in [1.807, 2.05) is 61.7 Å². The van der Waals surface area contributed by atoms with Crippen LogP contribution in [0.25, 0.3) is 16.6 Å². The zero-order valence-corrected chi connectivity index (χ0v) is 19.6. The molecule has 172 valence electrons. The lowest BCUT2D eigenvalue weighted by Crippen LogP contribution is -2.24. The van der Waals surface area contributed by atoms with Gasteiger partial charge >= 0.3 is 0 Å². The van der Waals surface area contributed by atoms with E-state index in [-0.39, 0.29) is 24.1 Å². The molecule has 0 saturated carbocycles. The number of likely N-dealkylation sites (tertiary alicyclic amines) is 1. The Morgan fingerprint density at radius 1 is 1.00 bits per heavy atom. The van der Waals surface area contributed by atoms with Crippen molar-refractivity contribution in [2.75, 3.05) is 19.6 Å². The van der Waals surface area contributed by atoms with Crippen LogP contribution >= 0.6 is 12.4 Å². The van der Waals surface area contributed by atoms with Gasteiger partial charge in [-0.05, 0) is 62.7 Å². The lowest BCUT2D eigenvalue weighted by Gasteiger charge is -2.16. The van der Waals surface area contributed by atoms with Crippen molar-refractivity contribution in [1.82, 2.24) is 19.2 Å². The fourth-order valence-corrected chi connectivity index (χ4v) is 4.39. The van der Waals surface area contributed by atoms with Gasteiger partial charge < -0.3 is 9.64 Å². The molecular weight excluding hydrogens is 436 g/mol. The predicted octanol–water partition coefficient (Wildman–Crippen LogP) is 4.84. The summed E-state index contributed by atoms with van der Waals surface area (Å²) in [6.45, 7) is 6.28. The zero-order valence-electron chi connectivity index (χ0n) is 18.8. The van der Waals surface area contributed by atoms with Gasteiger partial charge in [-0.1, -0.05) is 30.3 Å². The second-order valence-electron chi connectivity index (χ2n) is 8.40. The molecule has 0 bridgehead atoms. The van der Waals surface area contributed by atoms with Crippen LogP contribution in [0.2, 0.25) is 0 Å². The van der Waals surface area contributed by atoms with Gasteiger partial charge in [-0.15, -0.1) is 12.4 Å². The molecule has 7 heteroatoms. The van der Waals surface area contributed by atoms with E-state index in [1.165, 1.54) is 25.9 Å². The Bertz CT molecular complexity index is 1260. The molecule has 3 heterocycles. The molecule has 2 aromatic heterocycles. The third kappa shape index (κ3) is 5.13. The van der Waals surface area contributed by atoms with Gasteiger partial charge in [0.1, 0.15) is 11.9 Å². The fourth-order valence-electron chi connectivity index (χ4n) is 4.39. The molecule has 5 rings (SSSR count). The Morgan fingerprint density at radius 3 is 2.55 bits per heavy atom. The van der Waals surface area contributed by atoms with Gasteiger partial charge in [-0.25, -0.2) is 0 Å². The first-order valence-corrected chi connectivity index (χ1v) is 11.3. The summed E-state index contributed by atoms with van der Waals surface area (Å²) in [4.78, 5) is 15.3. The Labute approximate surface area is 199 Å². The predicted molar refractivity (Wildman–Crippen MR) is 134 cm³/mol. The molecule has 1 saturated heterocycles. The van der Waals surface area contributed by atoms with Crippen LogP contribution in [0.5, 0.6) is 5.75 Å². The van der Waals surface area contributed by atoms with E-state index >= 15 is 0 Å². The number of aromatic nitrogens is 3. The van der Waals surface area contributed by atoms with E-state index < -0.39 is 0 Å². The largest absolute Gasteiger partial charge is 0.486 e. The average Bonchev–Trinajstić information content (AvgIpc) is 3.48. The molecule has 0 aliphatic carbocycles. The number of benzene rings is 2. The molecule has 1 aliphatic heterocycles. The number of hydrogen-bond acceptors (Lipinski definition) is 4. The highest BCUT2D eigenvalue weighted by molar-refractivity contribution is 5.85. The van der Waals surface area contributed by atoms with Crippen molar-refractivity contribution in [3.63, 3.8) is 0 Å². The van der Waals surface area contributed by atoms with Crippen molar-refractivity contribution >= 4 is 23.3 Å². The van der Waals surface area contributed by atoms with E-state index in [4.69, 9.17) is 4.74 Å². The quantitative estimate of drug-likeness (QED) is 0.392. The lowest BCUT2D eigenvalue weighted by molar-refractivity contribution is 0.226. The van der Waals surface area contributed by atoms with E-state index in [0.29, 0.717) is 5.75 Å². The smallest absolute Gasteiger partial charge is 0.258 e. The topological polar surface area (TPSA) is 52.3 Å². The maximum atomic E-state index is 12.8. The van der Waals surface area contributed by atoms with Crippen molar-refractivity contribution < 1.29 is 4.74 Å². The Hall–Kier alpha value is -3.09. The van der Waals surface area contributed by atoms with Gasteiger partial charge in [-0.2, -0.15) is 5.10 Å². The minimum absolute atomic E-state index is 0. The standard InChI is InChI=1S/C26H28N4O2.ClH/c1-20(21-7-3-2-4-8-21)32-24-11-14-29(26(31)18-24)23-9-10-25-22(17-23)19-27-30(25)16-15-28-12-5-6-13-28;/h2-4,7-11,14,17-20H,5-6,12-13,15-16H2,1H3;1H. The highest BCUT2D eigenvalue weighted by atomic mass is 35.5. The molecule has 0 radical (unpaired) electrons. The monoisotopic (exact) mass is 464 g/mol. The normalized spacial score (nSPS) is 14.8. The first-order chi connectivity index (χ1) is 15.7. The van der Waals surface area contributed by atoms with Crippen LogP contribution in [0.15, 0.2) is 77.9 Å². The maximum absolute atomic E-state index is 12.8. The Morgan fingerprint density at radius 2 is 1.79 bits per heavy atom. The van der Waals surface area contributed by atoms with E-state index in [2.05, 4.69) is 20.7 Å². The molecule has 6 nitrogen and oxygen atoms in total. The molecule has 1 fully saturated rings. The number of rotatable bonds is 7. The first-order valence-electron chi connectivity index (χ1n) is 11.3. The Balaban J connectivity index is 0.00000259. The van der Waals surface area contributed by atoms with Crippen LogP contribution in [-0.2, 0) is 6.54 Å². The van der Waals surface area contributed by atoms with E-state index in [9.17, 15) is 4.79 Å². The van der Waals surface area contributed by atoms with Crippen molar-refractivity contribution in [1.29, 1.82) is 0 Å². The molecule has 4 aromatic rings. The molecule has 1 aliphatic rings. The van der Waals surface area contributed by atoms with Crippen molar-refractivity contribution in [3.05, 3.63) is 89.0 Å². The second kappa shape index (κ2) is 10.2. The summed E-state index contributed by atoms with van der Waals surface area (Å²) in [6.07, 6.45) is 6.12. The van der Waals surface area contributed by atoms with Crippen LogP contribution in [0, 0.1) is 0 Å². The van der Waals surface area contributed by atoms with Crippen molar-refractivity contribution in [2.24, 2.45) is 0 Å². The first kappa shape index (κ1) is 23.1. The summed E-state index contributed by atoms with van der Waals surface area (Å²) in [7, 11) is 0. The summed E-state index contributed by atoms with van der Waals surface area (Å²) >= 11 is 0. The Kier molecular flexibility index (Phi) is 7.16. The second-order valence-corrected chi connectivity index (χ2v) is 8.40. The van der Waals surface area contributed by atoms with Crippen LogP contribution in [0.1, 0.15) is 31.4 Å². The third-order valence-electron chi connectivity index (χ3n) is 6.20. The molecule has 0 N–H and O–H groups in total. The summed E-state index contributed by atoms with van der Waals surface area (Å²) in [5.74, 6) is 0.568. The van der Waals surface area contributed by atoms with Gasteiger partial charge in [-0.3, -0.25) is 14.0 Å². The lowest BCUT2D eigenvalue weighted by atomic mass is 10.1. The number of pyridine rings is 1. The van der Waals surface area contributed by atoms with E-state index in [1.54, 1.807) is 16.8 Å². The highest BCUT2D eigenvalue weighted by Crippen LogP contribution is 2.22. The van der Waals surface area contributed by atoms with Gasteiger partial charge in [0.25, 0.3) is 5.56 Å². The molecule has 0 amide bonds. The highest BCUT2D eigenvalue weighted by Gasteiger charge is 2.13. The van der Waals surface area contributed by atoms with E-state index in [0.717, 1.165) is 35.2 Å². The SMILES string of the molecule is CC(Oc1ccn(-c2ccc3c(cnn3CCN3CCCC3)c2)c(=O)c1)c1ccccc1.Cl. The number of nitrogens with zero attached hydrogens (tertiary/aromatic N) is 4. The summed E-state index contributed by atoms with van der Waals surface area (Å²) in [6, 6.07) is 19.4. The number of hydrogen-bond donors (Lipinski definition) is 0. The van der Waals surface area contributed by atoms with Gasteiger partial charge in [0.2, 0.25) is 0 Å². The zero-order chi connectivity index (χ0) is 21.9. The summed E-state index contributed by atoms with van der Waals surface area (Å²) in [5.41, 5.74) is 2.87. The van der Waals surface area contributed by atoms with Gasteiger partial charge in [0.15, 0.2) is 0 Å². The van der Waals surface area contributed by atoms with Gasteiger partial charge in [0, 0.05) is 29.9 Å². The number of ether oxygens (including phenoxy) is 1. The van der Waals surface area contributed by atoms with Crippen LogP contribution in [-0.4, -0.2) is 38.9 Å². The summed E-state index contributed by atoms with van der Waals surface area (Å²) in [5, 5.41) is 5.61. The minimum Gasteiger partial charge on any atom is -0.486 e. The minimum atomic E-state index is -0.130. The average molecular weight is 465 g/mol. The molecule has 2 aromatic carbocycles. The van der Waals surface area contributed by atoms with Crippen LogP contribution in [0.3, 0.4) is 0 Å². The van der Waals surface area contributed by atoms with Crippen molar-refractivity contribution in [2.45, 2.75) is 32.4 Å². The fraction of sp³-hybridized carbons (Fsp3) is 0.308. The number of halogens is 1. The molecule has 0 spiro atoms. The summed E-state index contributed by atoms with van der Waals surface area (Å²) < 4.78 is 9.68. The maximum Gasteiger partial charge on any atom is 0.258 e. The molecule has 1 atom stereocenters. The van der Waals surface area contributed by atoms with Crippen LogP contribution in [0.4, 0.5) is 0 Å².